The number of hydrogen-bond acceptors (Lipinski definition) is 2. The van der Waals surface area contributed by atoms with E-state index in [2.05, 4.69) is 10.6 Å². The molecule has 27 heavy (non-hydrogen) atoms. The van der Waals surface area contributed by atoms with E-state index in [9.17, 15) is 9.59 Å². The number of rotatable bonds is 5. The Kier molecular flexibility index (Phi) is 6.12. The van der Waals surface area contributed by atoms with Gasteiger partial charge in [0.05, 0.1) is 10.6 Å². The number of nitrogens with one attached hydrogen (secondary N) is 2. The summed E-state index contributed by atoms with van der Waals surface area (Å²) in [5, 5.41) is 6.36. The fourth-order valence-electron chi connectivity index (χ4n) is 2.58. The lowest BCUT2D eigenvalue weighted by Gasteiger charge is -2.19. The molecule has 0 aliphatic heterocycles. The molecule has 0 aliphatic rings. The van der Waals surface area contributed by atoms with E-state index in [-0.39, 0.29) is 5.91 Å². The Morgan fingerprint density at radius 3 is 2.22 bits per heavy atom. The van der Waals surface area contributed by atoms with Crippen molar-refractivity contribution in [3.05, 3.63) is 100 Å². The van der Waals surface area contributed by atoms with Gasteiger partial charge in [-0.25, -0.2) is 0 Å². The van der Waals surface area contributed by atoms with Gasteiger partial charge >= 0.3 is 0 Å². The third kappa shape index (κ3) is 4.88. The van der Waals surface area contributed by atoms with E-state index >= 15 is 0 Å². The van der Waals surface area contributed by atoms with E-state index < -0.39 is 11.9 Å². The van der Waals surface area contributed by atoms with Crippen molar-refractivity contribution in [3.8, 4) is 0 Å². The number of benzene rings is 3. The zero-order valence-electron chi connectivity index (χ0n) is 14.2. The summed E-state index contributed by atoms with van der Waals surface area (Å²) < 4.78 is 0. The molecule has 2 N–H and O–H groups in total. The van der Waals surface area contributed by atoms with Crippen LogP contribution in [0.5, 0.6) is 0 Å². The van der Waals surface area contributed by atoms with Crippen molar-refractivity contribution < 1.29 is 9.59 Å². The molecule has 1 atom stereocenters. The van der Waals surface area contributed by atoms with Gasteiger partial charge in [-0.05, 0) is 35.9 Å². The highest BCUT2D eigenvalue weighted by atomic mass is 35.5. The Bertz CT molecular complexity index is 961. The first kappa shape index (κ1) is 19.0. The lowest BCUT2D eigenvalue weighted by molar-refractivity contribution is -0.118. The highest BCUT2D eigenvalue weighted by Crippen LogP contribution is 2.21. The molecule has 0 saturated carbocycles. The average molecular weight is 399 g/mol. The summed E-state index contributed by atoms with van der Waals surface area (Å²) in [5.74, 6) is -0.820. The molecule has 0 fully saturated rings. The van der Waals surface area contributed by atoms with E-state index in [4.69, 9.17) is 23.2 Å². The summed E-state index contributed by atoms with van der Waals surface area (Å²) in [6.07, 6.45) is 0. The summed E-state index contributed by atoms with van der Waals surface area (Å²) in [6, 6.07) is 21.6. The molecule has 3 rings (SSSR count). The Balaban J connectivity index is 1.86. The van der Waals surface area contributed by atoms with E-state index in [1.165, 1.54) is 0 Å². The minimum atomic E-state index is -0.894. The summed E-state index contributed by atoms with van der Waals surface area (Å²) in [4.78, 5) is 25.5. The number of anilines is 1. The Morgan fingerprint density at radius 1 is 0.815 bits per heavy atom. The van der Waals surface area contributed by atoms with E-state index in [1.54, 1.807) is 72.8 Å². The molecule has 0 aromatic heterocycles. The van der Waals surface area contributed by atoms with Gasteiger partial charge in [0.25, 0.3) is 11.8 Å². The Labute approximate surface area is 167 Å². The monoisotopic (exact) mass is 398 g/mol. The zero-order chi connectivity index (χ0) is 19.2. The quantitative estimate of drug-likeness (QED) is 0.627. The molecule has 4 nitrogen and oxygen atoms in total. The summed E-state index contributed by atoms with van der Waals surface area (Å²) in [7, 11) is 0. The van der Waals surface area contributed by atoms with Crippen molar-refractivity contribution in [1.29, 1.82) is 0 Å². The van der Waals surface area contributed by atoms with Gasteiger partial charge in [-0.15, -0.1) is 0 Å². The SMILES string of the molecule is O=C(NC(C(=O)Nc1cccc(Cl)c1)c1ccccc1)c1ccccc1Cl. The van der Waals surface area contributed by atoms with Gasteiger partial charge in [-0.3, -0.25) is 9.59 Å². The molecule has 6 heteroatoms. The average Bonchev–Trinajstić information content (AvgIpc) is 2.67. The van der Waals surface area contributed by atoms with Gasteiger partial charge in [-0.2, -0.15) is 0 Å². The van der Waals surface area contributed by atoms with Crippen molar-refractivity contribution >= 4 is 40.7 Å². The van der Waals surface area contributed by atoms with Gasteiger partial charge in [0.1, 0.15) is 6.04 Å². The van der Waals surface area contributed by atoms with Crippen LogP contribution < -0.4 is 10.6 Å². The van der Waals surface area contributed by atoms with Gasteiger partial charge in [0, 0.05) is 10.7 Å². The first-order chi connectivity index (χ1) is 13.0. The van der Waals surface area contributed by atoms with Gasteiger partial charge < -0.3 is 10.6 Å². The van der Waals surface area contributed by atoms with Crippen LogP contribution in [0.3, 0.4) is 0 Å². The maximum Gasteiger partial charge on any atom is 0.253 e. The first-order valence-corrected chi connectivity index (χ1v) is 8.97. The molecule has 0 heterocycles. The van der Waals surface area contributed by atoms with Crippen molar-refractivity contribution in [3.63, 3.8) is 0 Å². The van der Waals surface area contributed by atoms with Gasteiger partial charge in [0.2, 0.25) is 0 Å². The van der Waals surface area contributed by atoms with Crippen LogP contribution in [0, 0.1) is 0 Å². The standard InChI is InChI=1S/C21H16Cl2N2O2/c22-15-9-6-10-16(13-15)24-21(27)19(14-7-2-1-3-8-14)25-20(26)17-11-4-5-12-18(17)23/h1-13,19H,(H,24,27)(H,25,26). The second kappa shape index (κ2) is 8.71. The molecule has 3 aromatic rings. The van der Waals surface area contributed by atoms with Crippen LogP contribution in [0.4, 0.5) is 5.69 Å². The molecule has 136 valence electrons. The van der Waals surface area contributed by atoms with Gasteiger partial charge in [0.15, 0.2) is 0 Å². The molecular weight excluding hydrogens is 383 g/mol. The summed E-state index contributed by atoms with van der Waals surface area (Å²) >= 11 is 12.1. The van der Waals surface area contributed by atoms with E-state index in [1.807, 2.05) is 6.07 Å². The maximum absolute atomic E-state index is 12.9. The first-order valence-electron chi connectivity index (χ1n) is 8.21. The minimum Gasteiger partial charge on any atom is -0.336 e. The zero-order valence-corrected chi connectivity index (χ0v) is 15.7. The third-order valence-electron chi connectivity index (χ3n) is 3.88. The van der Waals surface area contributed by atoms with Crippen molar-refractivity contribution in [2.75, 3.05) is 5.32 Å². The van der Waals surface area contributed by atoms with Crippen LogP contribution in [-0.4, -0.2) is 11.8 Å². The number of amides is 2. The normalized spacial score (nSPS) is 11.5. The largest absolute Gasteiger partial charge is 0.336 e. The molecule has 1 unspecified atom stereocenters. The highest BCUT2D eigenvalue weighted by molar-refractivity contribution is 6.34. The highest BCUT2D eigenvalue weighted by Gasteiger charge is 2.24. The second-order valence-electron chi connectivity index (χ2n) is 5.80. The molecule has 0 spiro atoms. The second-order valence-corrected chi connectivity index (χ2v) is 6.64. The molecule has 3 aromatic carbocycles. The maximum atomic E-state index is 12.9. The molecule has 0 bridgehead atoms. The van der Waals surface area contributed by atoms with Crippen molar-refractivity contribution in [2.45, 2.75) is 6.04 Å². The predicted octanol–water partition coefficient (Wildman–Crippen LogP) is 5.10. The molecule has 0 radical (unpaired) electrons. The summed E-state index contributed by atoms with van der Waals surface area (Å²) in [5.41, 5.74) is 1.49. The smallest absolute Gasteiger partial charge is 0.253 e. The van der Waals surface area contributed by atoms with Crippen molar-refractivity contribution in [1.82, 2.24) is 5.32 Å². The molecule has 0 aliphatic carbocycles. The predicted molar refractivity (Wildman–Crippen MR) is 108 cm³/mol. The van der Waals surface area contributed by atoms with E-state index in [0.29, 0.717) is 26.9 Å². The van der Waals surface area contributed by atoms with E-state index in [0.717, 1.165) is 0 Å². The van der Waals surface area contributed by atoms with Crippen LogP contribution in [0.15, 0.2) is 78.9 Å². The van der Waals surface area contributed by atoms with Crippen LogP contribution in [0.25, 0.3) is 0 Å². The third-order valence-corrected chi connectivity index (χ3v) is 4.45. The van der Waals surface area contributed by atoms with Crippen LogP contribution in [0.2, 0.25) is 10.0 Å². The number of halogens is 2. The van der Waals surface area contributed by atoms with Crippen molar-refractivity contribution in [2.24, 2.45) is 0 Å². The number of carbonyl (C=O) groups is 2. The fourth-order valence-corrected chi connectivity index (χ4v) is 2.99. The lowest BCUT2D eigenvalue weighted by atomic mass is 10.1. The number of carbonyl (C=O) groups excluding carboxylic acids is 2. The lowest BCUT2D eigenvalue weighted by Crippen LogP contribution is -2.37. The Hall–Kier alpha value is -2.82. The Morgan fingerprint density at radius 2 is 1.52 bits per heavy atom. The molecule has 2 amide bonds. The summed E-state index contributed by atoms with van der Waals surface area (Å²) in [6.45, 7) is 0. The number of hydrogen-bond donors (Lipinski definition) is 2. The fraction of sp³-hybridized carbons (Fsp3) is 0.0476. The molecular formula is C21H16Cl2N2O2. The topological polar surface area (TPSA) is 58.2 Å². The molecule has 0 saturated heterocycles. The minimum absolute atomic E-state index is 0.302. The van der Waals surface area contributed by atoms with Crippen LogP contribution >= 0.6 is 23.2 Å². The van der Waals surface area contributed by atoms with Gasteiger partial charge in [-0.1, -0.05) is 71.7 Å². The van der Waals surface area contributed by atoms with Crippen LogP contribution in [0.1, 0.15) is 22.0 Å². The van der Waals surface area contributed by atoms with Crippen LogP contribution in [-0.2, 0) is 4.79 Å².